The molecule has 0 radical (unpaired) electrons. The molecule has 1 aromatic rings. The van der Waals surface area contributed by atoms with E-state index in [9.17, 15) is 14.7 Å². The highest BCUT2D eigenvalue weighted by atomic mass is 16.5. The zero-order valence-electron chi connectivity index (χ0n) is 13.8. The number of hydrogen-bond donors (Lipinski definition) is 3. The van der Waals surface area contributed by atoms with Gasteiger partial charge in [-0.2, -0.15) is 0 Å². The van der Waals surface area contributed by atoms with Crippen molar-refractivity contribution in [2.45, 2.75) is 24.8 Å². The molecule has 1 fully saturated rings. The second kappa shape index (κ2) is 8.77. The molecular formula is C17H24N2O5. The Kier molecular flexibility index (Phi) is 6.72. The van der Waals surface area contributed by atoms with Gasteiger partial charge >= 0.3 is 5.97 Å². The average Bonchev–Trinajstić information content (AvgIpc) is 2.61. The van der Waals surface area contributed by atoms with Crippen LogP contribution in [0.2, 0.25) is 0 Å². The van der Waals surface area contributed by atoms with Crippen LogP contribution in [0, 0.1) is 0 Å². The molecule has 1 heterocycles. The van der Waals surface area contributed by atoms with Crippen LogP contribution in [0.3, 0.4) is 0 Å². The van der Waals surface area contributed by atoms with E-state index in [0.717, 1.165) is 12.8 Å². The first-order chi connectivity index (χ1) is 11.6. The number of anilines is 1. The summed E-state index contributed by atoms with van der Waals surface area (Å²) >= 11 is 0. The van der Waals surface area contributed by atoms with Crippen LogP contribution in [0.4, 0.5) is 5.69 Å². The van der Waals surface area contributed by atoms with Crippen molar-refractivity contribution >= 4 is 17.6 Å². The fourth-order valence-corrected chi connectivity index (χ4v) is 2.81. The molecule has 0 aromatic heterocycles. The quantitative estimate of drug-likeness (QED) is 0.641. The van der Waals surface area contributed by atoms with Gasteiger partial charge in [0.25, 0.3) is 0 Å². The lowest BCUT2D eigenvalue weighted by molar-refractivity contribution is -0.116. The lowest BCUT2D eigenvalue weighted by Gasteiger charge is -2.37. The fourth-order valence-electron chi connectivity index (χ4n) is 2.81. The summed E-state index contributed by atoms with van der Waals surface area (Å²) in [5, 5.41) is 15.3. The summed E-state index contributed by atoms with van der Waals surface area (Å²) in [5.41, 5.74) is 0.649. The van der Waals surface area contributed by atoms with Gasteiger partial charge in [0.1, 0.15) is 0 Å². The number of nitrogens with one attached hydrogen (secondary N) is 2. The molecule has 1 aliphatic heterocycles. The highest BCUT2D eigenvalue weighted by Crippen LogP contribution is 2.24. The molecule has 3 N–H and O–H groups in total. The van der Waals surface area contributed by atoms with E-state index < -0.39 is 5.97 Å². The van der Waals surface area contributed by atoms with Crippen LogP contribution in [0.5, 0.6) is 0 Å². The molecule has 2 rings (SSSR count). The van der Waals surface area contributed by atoms with Crippen LogP contribution < -0.4 is 10.6 Å². The molecule has 0 saturated carbocycles. The number of hydrogen-bond acceptors (Lipinski definition) is 6. The number of carbonyl (C=O) groups excluding carboxylic acids is 2. The molecule has 1 saturated heterocycles. The summed E-state index contributed by atoms with van der Waals surface area (Å²) in [6.45, 7) is 1.43. The number of rotatable bonds is 7. The lowest BCUT2D eigenvalue weighted by atomic mass is 9.87. The van der Waals surface area contributed by atoms with Crippen LogP contribution in [-0.2, 0) is 14.3 Å². The second-order valence-corrected chi connectivity index (χ2v) is 5.84. The summed E-state index contributed by atoms with van der Waals surface area (Å²) in [6.07, 6.45) is 2.11. The van der Waals surface area contributed by atoms with Gasteiger partial charge in [0.2, 0.25) is 5.91 Å². The molecule has 0 aliphatic carbocycles. The highest BCUT2D eigenvalue weighted by molar-refractivity contribution is 5.95. The maximum atomic E-state index is 12.2. The molecule has 1 aliphatic rings. The number of esters is 1. The van der Waals surface area contributed by atoms with Gasteiger partial charge in [-0.3, -0.25) is 4.79 Å². The molecule has 0 atom stereocenters. The first-order valence-corrected chi connectivity index (χ1v) is 8.00. The lowest BCUT2D eigenvalue weighted by Crippen LogP contribution is -2.52. The molecule has 7 nitrogen and oxygen atoms in total. The van der Waals surface area contributed by atoms with Crippen molar-refractivity contribution in [2.75, 3.05) is 38.8 Å². The fraction of sp³-hybridized carbons (Fsp3) is 0.529. The van der Waals surface area contributed by atoms with Gasteiger partial charge < -0.3 is 25.2 Å². The molecule has 0 bridgehead atoms. The predicted octanol–water partition coefficient (Wildman–Crippen LogP) is 0.933. The van der Waals surface area contributed by atoms with Crippen molar-refractivity contribution in [1.29, 1.82) is 0 Å². The van der Waals surface area contributed by atoms with Crippen molar-refractivity contribution < 1.29 is 24.2 Å². The molecular weight excluding hydrogens is 312 g/mol. The molecule has 0 spiro atoms. The summed E-state index contributed by atoms with van der Waals surface area (Å²) < 4.78 is 10.0. The zero-order valence-corrected chi connectivity index (χ0v) is 13.8. The standard InChI is InChI=1S/C17H24N2O5/c1-23-16(22)13-3-2-4-14(11-13)19-15(21)12-18-17(5-8-20)6-9-24-10-7-17/h2-4,11,18,20H,5-10,12H2,1H3,(H,19,21). The topological polar surface area (TPSA) is 96.9 Å². The number of methoxy groups -OCH3 is 1. The van der Waals surface area contributed by atoms with E-state index in [1.807, 2.05) is 0 Å². The Bertz CT molecular complexity index is 564. The van der Waals surface area contributed by atoms with E-state index in [2.05, 4.69) is 15.4 Å². The summed E-state index contributed by atoms with van der Waals surface area (Å²) in [7, 11) is 1.31. The first kappa shape index (κ1) is 18.4. The van der Waals surface area contributed by atoms with Crippen LogP contribution in [0.25, 0.3) is 0 Å². The van der Waals surface area contributed by atoms with E-state index in [0.29, 0.717) is 30.9 Å². The molecule has 1 amide bonds. The minimum Gasteiger partial charge on any atom is -0.465 e. The number of aliphatic hydroxyl groups excluding tert-OH is 1. The van der Waals surface area contributed by atoms with Crippen LogP contribution >= 0.6 is 0 Å². The summed E-state index contributed by atoms with van der Waals surface area (Å²) in [4.78, 5) is 23.7. The Hall–Kier alpha value is -1.96. The van der Waals surface area contributed by atoms with Crippen molar-refractivity contribution in [1.82, 2.24) is 5.32 Å². The van der Waals surface area contributed by atoms with Crippen molar-refractivity contribution in [3.8, 4) is 0 Å². The molecule has 1 aromatic carbocycles. The van der Waals surface area contributed by atoms with Crippen molar-refractivity contribution in [2.24, 2.45) is 0 Å². The van der Waals surface area contributed by atoms with Gasteiger partial charge in [-0.25, -0.2) is 4.79 Å². The molecule has 24 heavy (non-hydrogen) atoms. The highest BCUT2D eigenvalue weighted by Gasteiger charge is 2.31. The maximum absolute atomic E-state index is 12.2. The Morgan fingerprint density at radius 3 is 2.75 bits per heavy atom. The van der Waals surface area contributed by atoms with Crippen molar-refractivity contribution in [3.63, 3.8) is 0 Å². The van der Waals surface area contributed by atoms with E-state index in [4.69, 9.17) is 4.74 Å². The summed E-state index contributed by atoms with van der Waals surface area (Å²) in [5.74, 6) is -0.658. The number of amides is 1. The molecule has 7 heteroatoms. The van der Waals surface area contributed by atoms with Crippen LogP contribution in [-0.4, -0.2) is 56.0 Å². The molecule has 0 unspecified atom stereocenters. The van der Waals surface area contributed by atoms with E-state index in [1.54, 1.807) is 24.3 Å². The zero-order chi connectivity index (χ0) is 17.4. The Morgan fingerprint density at radius 2 is 2.08 bits per heavy atom. The summed E-state index contributed by atoms with van der Waals surface area (Å²) in [6, 6.07) is 6.59. The minimum atomic E-state index is -0.451. The number of aliphatic hydroxyl groups is 1. The third-order valence-corrected chi connectivity index (χ3v) is 4.23. The van der Waals surface area contributed by atoms with Crippen LogP contribution in [0.1, 0.15) is 29.6 Å². The Labute approximate surface area is 141 Å². The van der Waals surface area contributed by atoms with Gasteiger partial charge in [0, 0.05) is 31.0 Å². The average molecular weight is 336 g/mol. The molecule has 132 valence electrons. The van der Waals surface area contributed by atoms with Gasteiger partial charge in [-0.05, 0) is 37.5 Å². The minimum absolute atomic E-state index is 0.0653. The van der Waals surface area contributed by atoms with Crippen LogP contribution in [0.15, 0.2) is 24.3 Å². The second-order valence-electron chi connectivity index (χ2n) is 5.84. The third kappa shape index (κ3) is 5.02. The van der Waals surface area contributed by atoms with Crippen molar-refractivity contribution in [3.05, 3.63) is 29.8 Å². The Balaban J connectivity index is 1.91. The Morgan fingerprint density at radius 1 is 1.33 bits per heavy atom. The third-order valence-electron chi connectivity index (χ3n) is 4.23. The van der Waals surface area contributed by atoms with Gasteiger partial charge in [0.15, 0.2) is 0 Å². The first-order valence-electron chi connectivity index (χ1n) is 8.00. The van der Waals surface area contributed by atoms with E-state index in [-0.39, 0.29) is 24.6 Å². The number of benzene rings is 1. The SMILES string of the molecule is COC(=O)c1cccc(NC(=O)CNC2(CCO)CCOCC2)c1. The number of ether oxygens (including phenoxy) is 2. The van der Waals surface area contributed by atoms with Gasteiger partial charge in [0.05, 0.1) is 19.2 Å². The maximum Gasteiger partial charge on any atom is 0.337 e. The van der Waals surface area contributed by atoms with Gasteiger partial charge in [-0.15, -0.1) is 0 Å². The van der Waals surface area contributed by atoms with E-state index >= 15 is 0 Å². The van der Waals surface area contributed by atoms with E-state index in [1.165, 1.54) is 7.11 Å². The smallest absolute Gasteiger partial charge is 0.337 e. The largest absolute Gasteiger partial charge is 0.465 e. The van der Waals surface area contributed by atoms with Gasteiger partial charge in [-0.1, -0.05) is 6.07 Å². The predicted molar refractivity (Wildman–Crippen MR) is 88.9 cm³/mol. The monoisotopic (exact) mass is 336 g/mol. The normalized spacial score (nSPS) is 16.4. The number of carbonyl (C=O) groups is 2.